The van der Waals surface area contributed by atoms with Crippen LogP contribution in [0.25, 0.3) is 0 Å². The maximum absolute atomic E-state index is 12.0. The normalized spacial score (nSPS) is 16.3. The molecule has 24 heavy (non-hydrogen) atoms. The first-order valence-electron chi connectivity index (χ1n) is 8.16. The van der Waals surface area contributed by atoms with Crippen LogP contribution in [0, 0.1) is 0 Å². The summed E-state index contributed by atoms with van der Waals surface area (Å²) in [6.07, 6.45) is 1.10. The third kappa shape index (κ3) is 4.30. The molecule has 4 nitrogen and oxygen atoms in total. The van der Waals surface area contributed by atoms with Gasteiger partial charge in [0.05, 0.1) is 6.61 Å². The molecule has 5 heteroatoms. The van der Waals surface area contributed by atoms with Crippen LogP contribution in [0.5, 0.6) is 0 Å². The molecule has 0 unspecified atom stereocenters. The highest BCUT2D eigenvalue weighted by Crippen LogP contribution is 2.35. The fourth-order valence-corrected chi connectivity index (χ4v) is 4.15. The number of amides is 2. The third-order valence-electron chi connectivity index (χ3n) is 4.17. The van der Waals surface area contributed by atoms with Crippen LogP contribution in [0.15, 0.2) is 48.5 Å². The monoisotopic (exact) mass is 342 g/mol. The van der Waals surface area contributed by atoms with Crippen molar-refractivity contribution in [2.45, 2.75) is 24.8 Å². The van der Waals surface area contributed by atoms with Crippen LogP contribution in [-0.2, 0) is 19.6 Å². The van der Waals surface area contributed by atoms with Crippen molar-refractivity contribution in [3.8, 4) is 0 Å². The molecular formula is C19H22N2O2S. The van der Waals surface area contributed by atoms with Gasteiger partial charge in [-0.3, -0.25) is 0 Å². The molecule has 0 aromatic heterocycles. The Hall–Kier alpha value is -1.98. The molecule has 1 aliphatic rings. The summed E-state index contributed by atoms with van der Waals surface area (Å²) in [7, 11) is 0. The second-order valence-electron chi connectivity index (χ2n) is 5.85. The standard InChI is InChI=1S/C19H22N2O2S/c22-13-15-5-3-4-14(10-15)11-20-19(23)21-12-18-17-7-2-1-6-16(17)8-9-24-18/h1-7,10,18,22H,8-9,11-13H2,(H2,20,21,23)/t18-/m0/s1. The zero-order chi connectivity index (χ0) is 16.8. The predicted octanol–water partition coefficient (Wildman–Crippen LogP) is 3.01. The van der Waals surface area contributed by atoms with Crippen LogP contribution in [0.2, 0.25) is 0 Å². The Labute approximate surface area is 146 Å². The first kappa shape index (κ1) is 16.9. The summed E-state index contributed by atoms with van der Waals surface area (Å²) in [6.45, 7) is 1.09. The first-order chi connectivity index (χ1) is 11.8. The van der Waals surface area contributed by atoms with Gasteiger partial charge in [0.25, 0.3) is 0 Å². The van der Waals surface area contributed by atoms with Gasteiger partial charge >= 0.3 is 6.03 Å². The number of urea groups is 1. The van der Waals surface area contributed by atoms with Crippen molar-refractivity contribution in [2.24, 2.45) is 0 Å². The van der Waals surface area contributed by atoms with Gasteiger partial charge in [-0.2, -0.15) is 11.8 Å². The van der Waals surface area contributed by atoms with Crippen LogP contribution >= 0.6 is 11.8 Å². The number of carbonyl (C=O) groups is 1. The molecule has 1 heterocycles. The minimum atomic E-state index is -0.159. The minimum Gasteiger partial charge on any atom is -0.392 e. The van der Waals surface area contributed by atoms with E-state index in [0.717, 1.165) is 23.3 Å². The maximum Gasteiger partial charge on any atom is 0.315 e. The van der Waals surface area contributed by atoms with Gasteiger partial charge in [0, 0.05) is 18.3 Å². The molecule has 1 aliphatic heterocycles. The number of nitrogens with one attached hydrogen (secondary N) is 2. The Kier molecular flexibility index (Phi) is 5.77. The van der Waals surface area contributed by atoms with Crippen LogP contribution < -0.4 is 10.6 Å². The van der Waals surface area contributed by atoms with E-state index in [1.54, 1.807) is 0 Å². The highest BCUT2D eigenvalue weighted by atomic mass is 32.2. The lowest BCUT2D eigenvalue weighted by Crippen LogP contribution is -2.37. The lowest BCUT2D eigenvalue weighted by molar-refractivity contribution is 0.240. The smallest absolute Gasteiger partial charge is 0.315 e. The molecule has 3 rings (SSSR count). The first-order valence-corrected chi connectivity index (χ1v) is 9.21. The Balaban J connectivity index is 1.49. The van der Waals surface area contributed by atoms with Crippen molar-refractivity contribution in [3.63, 3.8) is 0 Å². The van der Waals surface area contributed by atoms with Crippen LogP contribution in [0.1, 0.15) is 27.5 Å². The Morgan fingerprint density at radius 3 is 2.83 bits per heavy atom. The molecule has 0 saturated carbocycles. The lowest BCUT2D eigenvalue weighted by Gasteiger charge is -2.25. The number of aliphatic hydroxyl groups is 1. The van der Waals surface area contributed by atoms with E-state index in [2.05, 4.69) is 34.9 Å². The summed E-state index contributed by atoms with van der Waals surface area (Å²) in [5, 5.41) is 15.3. The van der Waals surface area contributed by atoms with E-state index in [0.29, 0.717) is 18.3 Å². The number of fused-ring (bicyclic) bond motifs is 1. The van der Waals surface area contributed by atoms with Gasteiger partial charge in [-0.25, -0.2) is 4.79 Å². The van der Waals surface area contributed by atoms with Gasteiger partial charge in [-0.15, -0.1) is 0 Å². The molecule has 0 bridgehead atoms. The van der Waals surface area contributed by atoms with Crippen molar-refractivity contribution in [3.05, 3.63) is 70.8 Å². The molecule has 0 fully saturated rings. The maximum atomic E-state index is 12.0. The number of aliphatic hydroxyl groups excluding tert-OH is 1. The SMILES string of the molecule is O=C(NCc1cccc(CO)c1)NC[C@@H]1SCCc2ccccc21. The molecule has 2 aromatic carbocycles. The number of aryl methyl sites for hydroxylation is 1. The number of rotatable bonds is 5. The molecule has 0 saturated heterocycles. The summed E-state index contributed by atoms with van der Waals surface area (Å²) < 4.78 is 0. The molecule has 0 radical (unpaired) electrons. The highest BCUT2D eigenvalue weighted by Gasteiger charge is 2.20. The van der Waals surface area contributed by atoms with Crippen molar-refractivity contribution >= 4 is 17.8 Å². The van der Waals surface area contributed by atoms with Crippen LogP contribution in [-0.4, -0.2) is 23.4 Å². The summed E-state index contributed by atoms with van der Waals surface area (Å²) >= 11 is 1.90. The minimum absolute atomic E-state index is 0.0123. The van der Waals surface area contributed by atoms with E-state index >= 15 is 0 Å². The topological polar surface area (TPSA) is 61.4 Å². The molecule has 126 valence electrons. The average Bonchev–Trinajstić information content (AvgIpc) is 2.64. The van der Waals surface area contributed by atoms with Gasteiger partial charge < -0.3 is 15.7 Å². The number of hydrogen-bond donors (Lipinski definition) is 3. The highest BCUT2D eigenvalue weighted by molar-refractivity contribution is 7.99. The second kappa shape index (κ2) is 8.22. The molecule has 3 N–H and O–H groups in total. The van der Waals surface area contributed by atoms with Crippen LogP contribution in [0.4, 0.5) is 4.79 Å². The molecule has 1 atom stereocenters. The second-order valence-corrected chi connectivity index (χ2v) is 7.16. The summed E-state index contributed by atoms with van der Waals surface area (Å²) in [6, 6.07) is 15.9. The Morgan fingerprint density at radius 1 is 1.12 bits per heavy atom. The quantitative estimate of drug-likeness (QED) is 0.783. The molecule has 0 spiro atoms. The van der Waals surface area contributed by atoms with E-state index in [1.807, 2.05) is 36.0 Å². The Morgan fingerprint density at radius 2 is 1.96 bits per heavy atom. The van der Waals surface area contributed by atoms with Crippen LogP contribution in [0.3, 0.4) is 0 Å². The van der Waals surface area contributed by atoms with Gasteiger partial charge in [0.2, 0.25) is 0 Å². The van der Waals surface area contributed by atoms with Gasteiger partial charge in [0.1, 0.15) is 0 Å². The molecular weight excluding hydrogens is 320 g/mol. The average molecular weight is 342 g/mol. The van der Waals surface area contributed by atoms with Gasteiger partial charge in [-0.1, -0.05) is 48.5 Å². The molecule has 0 aliphatic carbocycles. The summed E-state index contributed by atoms with van der Waals surface area (Å²) in [5.74, 6) is 1.10. The van der Waals surface area contributed by atoms with Gasteiger partial charge in [-0.05, 0) is 34.4 Å². The largest absolute Gasteiger partial charge is 0.392 e. The Bertz CT molecular complexity index is 705. The number of carbonyl (C=O) groups excluding carboxylic acids is 1. The van der Waals surface area contributed by atoms with E-state index < -0.39 is 0 Å². The van der Waals surface area contributed by atoms with E-state index in [-0.39, 0.29) is 12.6 Å². The zero-order valence-corrected chi connectivity index (χ0v) is 14.3. The summed E-state index contributed by atoms with van der Waals surface area (Å²) in [4.78, 5) is 12.0. The number of thioether (sulfide) groups is 1. The molecule has 2 aromatic rings. The van der Waals surface area contributed by atoms with E-state index in [4.69, 9.17) is 5.11 Å². The number of hydrogen-bond acceptors (Lipinski definition) is 3. The molecule has 2 amide bonds. The fourth-order valence-electron chi connectivity index (χ4n) is 2.91. The fraction of sp³-hybridized carbons (Fsp3) is 0.316. The van der Waals surface area contributed by atoms with Crippen molar-refractivity contribution in [2.75, 3.05) is 12.3 Å². The van der Waals surface area contributed by atoms with Crippen molar-refractivity contribution in [1.29, 1.82) is 0 Å². The van der Waals surface area contributed by atoms with Crippen molar-refractivity contribution in [1.82, 2.24) is 10.6 Å². The van der Waals surface area contributed by atoms with E-state index in [1.165, 1.54) is 11.1 Å². The number of benzene rings is 2. The lowest BCUT2D eigenvalue weighted by atomic mass is 10.0. The predicted molar refractivity (Wildman–Crippen MR) is 97.9 cm³/mol. The zero-order valence-electron chi connectivity index (χ0n) is 13.5. The van der Waals surface area contributed by atoms with E-state index in [9.17, 15) is 4.79 Å². The van der Waals surface area contributed by atoms with Crippen molar-refractivity contribution < 1.29 is 9.90 Å². The van der Waals surface area contributed by atoms with Gasteiger partial charge in [0.15, 0.2) is 0 Å². The summed E-state index contributed by atoms with van der Waals surface area (Å²) in [5.41, 5.74) is 4.56. The third-order valence-corrected chi connectivity index (χ3v) is 5.43.